The minimum atomic E-state index is -3.12. The van der Waals surface area contributed by atoms with Gasteiger partial charge in [0.25, 0.3) is 5.91 Å². The summed E-state index contributed by atoms with van der Waals surface area (Å²) < 4.78 is 24.7. The first kappa shape index (κ1) is 20.8. The van der Waals surface area contributed by atoms with E-state index < -0.39 is 10.0 Å². The van der Waals surface area contributed by atoms with Gasteiger partial charge < -0.3 is 5.32 Å². The highest BCUT2D eigenvalue weighted by Crippen LogP contribution is 2.21. The summed E-state index contributed by atoms with van der Waals surface area (Å²) in [6.45, 7) is 5.06. The van der Waals surface area contributed by atoms with Gasteiger partial charge in [0.15, 0.2) is 0 Å². The van der Waals surface area contributed by atoms with Gasteiger partial charge in [0, 0.05) is 49.0 Å². The first-order valence-electron chi connectivity index (χ1n) is 9.06. The van der Waals surface area contributed by atoms with Crippen LogP contribution in [0.4, 0.5) is 5.69 Å². The smallest absolute Gasteiger partial charge is 0.255 e. The van der Waals surface area contributed by atoms with Crippen molar-refractivity contribution < 1.29 is 13.2 Å². The standard InChI is InChI=1S/C20H24ClN3O3S/c1-15-3-8-18(21)13-19(15)22-20(25)17-6-4-16(5-7-17)14-23-9-11-24(12-10-23)28(2,26)27/h3-8,13H,9-12,14H2,1-2H3,(H,22,25). The molecular formula is C20H24ClN3O3S. The Morgan fingerprint density at radius 1 is 1.07 bits per heavy atom. The summed E-state index contributed by atoms with van der Waals surface area (Å²) in [6.07, 6.45) is 1.25. The minimum Gasteiger partial charge on any atom is -0.322 e. The molecule has 0 radical (unpaired) electrons. The zero-order valence-corrected chi connectivity index (χ0v) is 17.6. The number of sulfonamides is 1. The third-order valence-corrected chi connectivity index (χ3v) is 6.41. The molecule has 0 aliphatic carbocycles. The number of hydrogen-bond donors (Lipinski definition) is 1. The molecule has 2 aromatic carbocycles. The molecule has 0 aromatic heterocycles. The third-order valence-electron chi connectivity index (χ3n) is 4.87. The van der Waals surface area contributed by atoms with E-state index in [4.69, 9.17) is 11.6 Å². The number of carbonyl (C=O) groups excluding carboxylic acids is 1. The van der Waals surface area contributed by atoms with Crippen LogP contribution in [0.3, 0.4) is 0 Å². The van der Waals surface area contributed by atoms with Gasteiger partial charge in [0.1, 0.15) is 0 Å². The number of nitrogens with zero attached hydrogens (tertiary/aromatic N) is 2. The quantitative estimate of drug-likeness (QED) is 0.805. The molecule has 0 saturated carbocycles. The maximum absolute atomic E-state index is 12.5. The second kappa shape index (κ2) is 8.61. The fourth-order valence-electron chi connectivity index (χ4n) is 3.16. The summed E-state index contributed by atoms with van der Waals surface area (Å²) >= 11 is 6.00. The maximum atomic E-state index is 12.5. The van der Waals surface area contributed by atoms with E-state index >= 15 is 0 Å². The second-order valence-electron chi connectivity index (χ2n) is 7.05. The van der Waals surface area contributed by atoms with Crippen molar-refractivity contribution in [1.82, 2.24) is 9.21 Å². The molecule has 28 heavy (non-hydrogen) atoms. The Bertz CT molecular complexity index is 953. The Hall–Kier alpha value is -1.93. The van der Waals surface area contributed by atoms with Crippen molar-refractivity contribution in [3.05, 3.63) is 64.2 Å². The summed E-state index contributed by atoms with van der Waals surface area (Å²) in [6, 6.07) is 12.9. The predicted octanol–water partition coefficient (Wildman–Crippen LogP) is 2.98. The Morgan fingerprint density at radius 3 is 2.32 bits per heavy atom. The normalized spacial score (nSPS) is 16.1. The molecule has 1 aliphatic heterocycles. The number of aryl methyl sites for hydroxylation is 1. The summed E-state index contributed by atoms with van der Waals surface area (Å²) in [5.41, 5.74) is 3.31. The van der Waals surface area contributed by atoms with Crippen molar-refractivity contribution in [2.24, 2.45) is 0 Å². The lowest BCUT2D eigenvalue weighted by Crippen LogP contribution is -2.47. The third kappa shape index (κ3) is 5.32. The Kier molecular flexibility index (Phi) is 6.40. The molecule has 8 heteroatoms. The SMILES string of the molecule is Cc1ccc(Cl)cc1NC(=O)c1ccc(CN2CCN(S(C)(=O)=O)CC2)cc1. The van der Waals surface area contributed by atoms with Gasteiger partial charge in [-0.05, 0) is 42.3 Å². The molecule has 1 aliphatic rings. The fourth-order valence-corrected chi connectivity index (χ4v) is 4.16. The van der Waals surface area contributed by atoms with Gasteiger partial charge in [-0.25, -0.2) is 8.42 Å². The monoisotopic (exact) mass is 421 g/mol. The molecule has 1 amide bonds. The molecule has 1 heterocycles. The van der Waals surface area contributed by atoms with E-state index in [9.17, 15) is 13.2 Å². The van der Waals surface area contributed by atoms with E-state index in [0.29, 0.717) is 42.5 Å². The van der Waals surface area contributed by atoms with Crippen LogP contribution in [-0.2, 0) is 16.6 Å². The number of amides is 1. The number of halogens is 1. The highest BCUT2D eigenvalue weighted by molar-refractivity contribution is 7.88. The Labute approximate surface area is 171 Å². The lowest BCUT2D eigenvalue weighted by atomic mass is 10.1. The van der Waals surface area contributed by atoms with Gasteiger partial charge in [0.05, 0.1) is 6.26 Å². The molecule has 6 nitrogen and oxygen atoms in total. The van der Waals surface area contributed by atoms with Crippen molar-refractivity contribution in [1.29, 1.82) is 0 Å². The Morgan fingerprint density at radius 2 is 1.71 bits per heavy atom. The topological polar surface area (TPSA) is 69.7 Å². The van der Waals surface area contributed by atoms with E-state index in [-0.39, 0.29) is 5.91 Å². The number of benzene rings is 2. The van der Waals surface area contributed by atoms with Gasteiger partial charge in [-0.2, -0.15) is 4.31 Å². The first-order valence-corrected chi connectivity index (χ1v) is 11.3. The zero-order chi connectivity index (χ0) is 20.3. The molecular weight excluding hydrogens is 398 g/mol. The van der Waals surface area contributed by atoms with Crippen LogP contribution in [-0.4, -0.2) is 56.0 Å². The van der Waals surface area contributed by atoms with Gasteiger partial charge in [0.2, 0.25) is 10.0 Å². The molecule has 150 valence electrons. The zero-order valence-electron chi connectivity index (χ0n) is 16.0. The fraction of sp³-hybridized carbons (Fsp3) is 0.350. The van der Waals surface area contributed by atoms with Crippen LogP contribution in [0.1, 0.15) is 21.5 Å². The average molecular weight is 422 g/mol. The number of hydrogen-bond acceptors (Lipinski definition) is 4. The minimum absolute atomic E-state index is 0.182. The molecule has 1 N–H and O–H groups in total. The van der Waals surface area contributed by atoms with Crippen molar-refractivity contribution in [2.45, 2.75) is 13.5 Å². The van der Waals surface area contributed by atoms with Gasteiger partial charge in [-0.15, -0.1) is 0 Å². The summed E-state index contributed by atoms with van der Waals surface area (Å²) in [5, 5.41) is 3.47. The highest BCUT2D eigenvalue weighted by Gasteiger charge is 2.23. The number of nitrogens with one attached hydrogen (secondary N) is 1. The van der Waals surface area contributed by atoms with Crippen LogP contribution in [0.15, 0.2) is 42.5 Å². The van der Waals surface area contributed by atoms with Gasteiger partial charge in [-0.1, -0.05) is 29.8 Å². The number of rotatable bonds is 5. The van der Waals surface area contributed by atoms with E-state index in [1.807, 2.05) is 25.1 Å². The van der Waals surface area contributed by atoms with Gasteiger partial charge in [-0.3, -0.25) is 9.69 Å². The van der Waals surface area contributed by atoms with Crippen LogP contribution in [0.2, 0.25) is 5.02 Å². The van der Waals surface area contributed by atoms with E-state index in [2.05, 4.69) is 10.2 Å². The molecule has 1 fully saturated rings. The van der Waals surface area contributed by atoms with E-state index in [1.165, 1.54) is 10.6 Å². The van der Waals surface area contributed by atoms with Crippen molar-refractivity contribution in [2.75, 3.05) is 37.8 Å². The van der Waals surface area contributed by atoms with Crippen molar-refractivity contribution in [3.8, 4) is 0 Å². The molecule has 0 spiro atoms. The molecule has 3 rings (SSSR count). The summed E-state index contributed by atoms with van der Waals surface area (Å²) in [5.74, 6) is -0.182. The first-order chi connectivity index (χ1) is 13.2. The Balaban J connectivity index is 1.58. The van der Waals surface area contributed by atoms with Crippen LogP contribution in [0.5, 0.6) is 0 Å². The average Bonchev–Trinajstić information content (AvgIpc) is 2.65. The predicted molar refractivity (Wildman–Crippen MR) is 112 cm³/mol. The van der Waals surface area contributed by atoms with Crippen LogP contribution in [0.25, 0.3) is 0 Å². The molecule has 0 bridgehead atoms. The maximum Gasteiger partial charge on any atom is 0.255 e. The van der Waals surface area contributed by atoms with Crippen molar-refractivity contribution in [3.63, 3.8) is 0 Å². The lowest BCUT2D eigenvalue weighted by Gasteiger charge is -2.33. The second-order valence-corrected chi connectivity index (χ2v) is 9.47. The summed E-state index contributed by atoms with van der Waals surface area (Å²) in [4.78, 5) is 14.7. The van der Waals surface area contributed by atoms with Crippen molar-refractivity contribution >= 4 is 33.2 Å². The molecule has 1 saturated heterocycles. The highest BCUT2D eigenvalue weighted by atomic mass is 35.5. The van der Waals surface area contributed by atoms with Gasteiger partial charge >= 0.3 is 0 Å². The van der Waals surface area contributed by atoms with Crippen LogP contribution >= 0.6 is 11.6 Å². The summed E-state index contributed by atoms with van der Waals surface area (Å²) in [7, 11) is -3.12. The van der Waals surface area contributed by atoms with E-state index in [0.717, 1.165) is 17.7 Å². The van der Waals surface area contributed by atoms with E-state index in [1.54, 1.807) is 24.3 Å². The molecule has 0 atom stereocenters. The van der Waals surface area contributed by atoms with Crippen LogP contribution < -0.4 is 5.32 Å². The van der Waals surface area contributed by atoms with Crippen LogP contribution in [0, 0.1) is 6.92 Å². The lowest BCUT2D eigenvalue weighted by molar-refractivity contribution is 0.102. The number of carbonyl (C=O) groups is 1. The molecule has 2 aromatic rings. The largest absolute Gasteiger partial charge is 0.322 e. The number of anilines is 1. The molecule has 0 unspecified atom stereocenters. The number of piperazine rings is 1.